The molecule has 1 saturated carbocycles. The third kappa shape index (κ3) is 3.99. The molecule has 1 fully saturated rings. The first-order valence-corrected chi connectivity index (χ1v) is 11.2. The highest BCUT2D eigenvalue weighted by Crippen LogP contribution is 2.44. The number of benzene rings is 3. The van der Waals surface area contributed by atoms with Gasteiger partial charge >= 0.3 is 12.1 Å². The Morgan fingerprint density at radius 3 is 2.18 bits per heavy atom. The van der Waals surface area contributed by atoms with Crippen LogP contribution in [0.15, 0.2) is 66.7 Å². The first-order valence-electron chi connectivity index (χ1n) is 10.9. The van der Waals surface area contributed by atoms with E-state index in [-0.39, 0.29) is 28.8 Å². The van der Waals surface area contributed by atoms with E-state index in [9.17, 15) is 19.5 Å². The van der Waals surface area contributed by atoms with Crippen LogP contribution in [0.3, 0.4) is 0 Å². The number of hydrogen-bond donors (Lipinski definition) is 3. The summed E-state index contributed by atoms with van der Waals surface area (Å²) in [6.45, 7) is 0.138. The summed E-state index contributed by atoms with van der Waals surface area (Å²) in [6, 6.07) is 20.4. The number of nitrogens with one attached hydrogen (secondary N) is 2. The topological polar surface area (TPSA) is 105 Å². The third-order valence-corrected chi connectivity index (χ3v) is 6.65. The monoisotopic (exact) mass is 476 g/mol. The van der Waals surface area contributed by atoms with E-state index in [0.717, 1.165) is 22.3 Å². The number of hydrogen-bond acceptors (Lipinski definition) is 4. The maximum atomic E-state index is 12.6. The van der Waals surface area contributed by atoms with E-state index in [4.69, 9.17) is 16.3 Å². The Morgan fingerprint density at radius 2 is 1.59 bits per heavy atom. The van der Waals surface area contributed by atoms with Gasteiger partial charge in [0.25, 0.3) is 5.91 Å². The Kier molecular flexibility index (Phi) is 5.49. The molecule has 0 bridgehead atoms. The molecule has 0 aliphatic heterocycles. The van der Waals surface area contributed by atoms with Crippen molar-refractivity contribution in [1.82, 2.24) is 5.32 Å². The van der Waals surface area contributed by atoms with E-state index in [1.165, 1.54) is 18.2 Å². The highest BCUT2D eigenvalue weighted by atomic mass is 35.5. The Morgan fingerprint density at radius 1 is 0.971 bits per heavy atom. The smallest absolute Gasteiger partial charge is 0.411 e. The molecule has 0 atom stereocenters. The maximum absolute atomic E-state index is 12.6. The Labute approximate surface area is 200 Å². The van der Waals surface area contributed by atoms with Gasteiger partial charge in [0.15, 0.2) is 0 Å². The number of amides is 2. The van der Waals surface area contributed by atoms with Crippen molar-refractivity contribution in [2.75, 3.05) is 11.9 Å². The number of anilines is 1. The molecule has 0 saturated heterocycles. The number of aliphatic carboxylic acids is 1. The van der Waals surface area contributed by atoms with Gasteiger partial charge in [0, 0.05) is 11.5 Å². The molecule has 34 heavy (non-hydrogen) atoms. The zero-order valence-electron chi connectivity index (χ0n) is 18.0. The predicted octanol–water partition coefficient (Wildman–Crippen LogP) is 5.05. The van der Waals surface area contributed by atoms with Crippen LogP contribution in [0, 0.1) is 0 Å². The maximum Gasteiger partial charge on any atom is 0.411 e. The van der Waals surface area contributed by atoms with Gasteiger partial charge in [0.2, 0.25) is 0 Å². The summed E-state index contributed by atoms with van der Waals surface area (Å²) in [6.07, 6.45) is 0.0597. The molecule has 0 heterocycles. The summed E-state index contributed by atoms with van der Waals surface area (Å²) < 4.78 is 5.53. The second-order valence-electron chi connectivity index (χ2n) is 8.49. The molecule has 2 aliphatic carbocycles. The lowest BCUT2D eigenvalue weighted by atomic mass is 9.98. The van der Waals surface area contributed by atoms with E-state index < -0.39 is 23.5 Å². The Balaban J connectivity index is 1.27. The lowest BCUT2D eigenvalue weighted by Gasteiger charge is -2.16. The summed E-state index contributed by atoms with van der Waals surface area (Å²) in [5.41, 5.74) is 3.63. The minimum Gasteiger partial charge on any atom is -0.480 e. The number of rotatable bonds is 6. The largest absolute Gasteiger partial charge is 0.480 e. The molecule has 2 aliphatic rings. The van der Waals surface area contributed by atoms with E-state index in [0.29, 0.717) is 12.8 Å². The SMILES string of the molecule is O=C(Nc1cc(C(=O)NC2(C(=O)O)CC2)ccc1Cl)OCC1c2ccccc2-c2ccccc21. The van der Waals surface area contributed by atoms with Crippen molar-refractivity contribution >= 4 is 35.3 Å². The lowest BCUT2D eigenvalue weighted by molar-refractivity contribution is -0.140. The molecule has 0 unspecified atom stereocenters. The van der Waals surface area contributed by atoms with Gasteiger partial charge in [-0.05, 0) is 53.3 Å². The molecule has 0 aromatic heterocycles. The zero-order valence-corrected chi connectivity index (χ0v) is 18.8. The van der Waals surface area contributed by atoms with Crippen LogP contribution < -0.4 is 10.6 Å². The molecule has 7 nitrogen and oxygen atoms in total. The van der Waals surface area contributed by atoms with E-state index in [2.05, 4.69) is 22.8 Å². The number of carboxylic acid groups (broad SMARTS) is 1. The number of carbonyl (C=O) groups is 3. The van der Waals surface area contributed by atoms with Gasteiger partial charge < -0.3 is 15.2 Å². The zero-order chi connectivity index (χ0) is 23.9. The standard InChI is InChI=1S/C26H21ClN2O5/c27-21-10-9-15(23(30)29-26(11-12-26)24(31)32)13-22(21)28-25(33)34-14-20-18-7-3-1-5-16(18)17-6-2-4-8-19(17)20/h1-10,13,20H,11-12,14H2,(H,28,33)(H,29,30)(H,31,32). The Hall–Kier alpha value is -3.84. The molecule has 0 radical (unpaired) electrons. The first-order chi connectivity index (χ1) is 16.4. The molecular weight excluding hydrogens is 456 g/mol. The van der Waals surface area contributed by atoms with Crippen LogP contribution in [0.1, 0.15) is 40.2 Å². The van der Waals surface area contributed by atoms with Crippen LogP contribution in [-0.2, 0) is 9.53 Å². The van der Waals surface area contributed by atoms with Crippen molar-refractivity contribution < 1.29 is 24.2 Å². The van der Waals surface area contributed by atoms with Gasteiger partial charge in [0.05, 0.1) is 10.7 Å². The molecule has 3 aromatic carbocycles. The minimum absolute atomic E-state index is 0.0866. The summed E-state index contributed by atoms with van der Waals surface area (Å²) >= 11 is 6.21. The first kappa shape index (κ1) is 22.0. The van der Waals surface area contributed by atoms with Gasteiger partial charge in [-0.1, -0.05) is 60.1 Å². The van der Waals surface area contributed by atoms with Gasteiger partial charge in [-0.2, -0.15) is 0 Å². The molecule has 2 amide bonds. The fourth-order valence-corrected chi connectivity index (χ4v) is 4.48. The third-order valence-electron chi connectivity index (χ3n) is 6.32. The number of ether oxygens (including phenoxy) is 1. The second kappa shape index (κ2) is 8.50. The average Bonchev–Trinajstić information content (AvgIpc) is 3.55. The van der Waals surface area contributed by atoms with Crippen LogP contribution in [0.5, 0.6) is 0 Å². The molecule has 8 heteroatoms. The van der Waals surface area contributed by atoms with E-state index in [1.807, 2.05) is 36.4 Å². The lowest BCUT2D eigenvalue weighted by Crippen LogP contribution is -2.43. The van der Waals surface area contributed by atoms with Crippen LogP contribution in [-0.4, -0.2) is 35.2 Å². The quantitative estimate of drug-likeness (QED) is 0.462. The fraction of sp³-hybridized carbons (Fsp3) is 0.192. The van der Waals surface area contributed by atoms with Gasteiger partial charge in [-0.15, -0.1) is 0 Å². The number of fused-ring (bicyclic) bond motifs is 3. The van der Waals surface area contributed by atoms with Gasteiger partial charge in [-0.25, -0.2) is 9.59 Å². The van der Waals surface area contributed by atoms with Crippen molar-refractivity contribution in [3.8, 4) is 11.1 Å². The van der Waals surface area contributed by atoms with Crippen LogP contribution >= 0.6 is 11.6 Å². The molecule has 3 aromatic rings. The molecule has 172 valence electrons. The summed E-state index contributed by atoms with van der Waals surface area (Å²) in [7, 11) is 0. The van der Waals surface area contributed by atoms with Crippen LogP contribution in [0.2, 0.25) is 5.02 Å². The summed E-state index contributed by atoms with van der Waals surface area (Å²) in [5, 5.41) is 14.6. The number of carbonyl (C=O) groups excluding carboxylic acids is 2. The van der Waals surface area contributed by atoms with E-state index in [1.54, 1.807) is 0 Å². The summed E-state index contributed by atoms with van der Waals surface area (Å²) in [5.74, 6) is -1.70. The van der Waals surface area contributed by atoms with Crippen molar-refractivity contribution in [2.24, 2.45) is 0 Å². The average molecular weight is 477 g/mol. The normalized spacial score (nSPS) is 15.1. The number of carboxylic acids is 1. The van der Waals surface area contributed by atoms with Crippen LogP contribution in [0.4, 0.5) is 10.5 Å². The highest BCUT2D eigenvalue weighted by Gasteiger charge is 2.51. The van der Waals surface area contributed by atoms with Gasteiger partial charge in [-0.3, -0.25) is 10.1 Å². The van der Waals surface area contributed by atoms with Gasteiger partial charge in [0.1, 0.15) is 12.1 Å². The predicted molar refractivity (Wildman–Crippen MR) is 127 cm³/mol. The fourth-order valence-electron chi connectivity index (χ4n) is 4.31. The van der Waals surface area contributed by atoms with Crippen LogP contribution in [0.25, 0.3) is 11.1 Å². The Bertz CT molecular complexity index is 1270. The van der Waals surface area contributed by atoms with Crippen molar-refractivity contribution in [3.05, 3.63) is 88.4 Å². The number of halogens is 1. The second-order valence-corrected chi connectivity index (χ2v) is 8.89. The van der Waals surface area contributed by atoms with E-state index >= 15 is 0 Å². The molecule has 5 rings (SSSR count). The summed E-state index contributed by atoms with van der Waals surface area (Å²) in [4.78, 5) is 36.5. The van der Waals surface area contributed by atoms with Crippen molar-refractivity contribution in [2.45, 2.75) is 24.3 Å². The van der Waals surface area contributed by atoms with Crippen molar-refractivity contribution in [1.29, 1.82) is 0 Å². The molecule has 0 spiro atoms. The minimum atomic E-state index is -1.21. The van der Waals surface area contributed by atoms with Crippen molar-refractivity contribution in [3.63, 3.8) is 0 Å². The molecule has 3 N–H and O–H groups in total. The molecular formula is C26H21ClN2O5. The highest BCUT2D eigenvalue weighted by molar-refractivity contribution is 6.33.